The number of hydrogen-bond acceptors (Lipinski definition) is 9. The first-order valence-corrected chi connectivity index (χ1v) is 15.4. The molecular weight excluding hydrogens is 599 g/mol. The summed E-state index contributed by atoms with van der Waals surface area (Å²) in [5.74, 6) is 0.584. The van der Waals surface area contributed by atoms with Crippen LogP contribution in [0.1, 0.15) is 40.4 Å². The molecule has 4 aromatic rings. The molecule has 4 aliphatic rings. The molecule has 238 valence electrons. The Bertz CT molecular complexity index is 2030. The number of terminal acetylenes is 1. The van der Waals surface area contributed by atoms with E-state index >= 15 is 4.39 Å². The van der Waals surface area contributed by atoms with Gasteiger partial charge < -0.3 is 24.2 Å². The van der Waals surface area contributed by atoms with Crippen molar-refractivity contribution >= 4 is 27.5 Å². The Morgan fingerprint density at radius 1 is 1.20 bits per heavy atom. The predicted molar refractivity (Wildman–Crippen MR) is 165 cm³/mol. The van der Waals surface area contributed by atoms with Crippen LogP contribution in [0.25, 0.3) is 32.9 Å². The number of pyridine rings is 1. The van der Waals surface area contributed by atoms with Crippen LogP contribution in [-0.4, -0.2) is 88.7 Å². The first-order valence-electron chi connectivity index (χ1n) is 16.4. The molecule has 4 atom stereocenters. The number of rotatable bonds is 6. The average molecular weight is 634 g/mol. The number of methoxy groups -OCH3 is 1. The van der Waals surface area contributed by atoms with Gasteiger partial charge >= 0.3 is 6.01 Å². The van der Waals surface area contributed by atoms with Crippen LogP contribution in [0.2, 0.25) is 0 Å². The summed E-state index contributed by atoms with van der Waals surface area (Å²) in [5.41, 5.74) is -2.00. The van der Waals surface area contributed by atoms with Gasteiger partial charge in [-0.25, -0.2) is 18.2 Å². The lowest BCUT2D eigenvalue weighted by atomic mass is 9.95. The number of phenolic OH excluding ortho intramolecular Hbond substituents is 1. The predicted octanol–water partition coefficient (Wildman–Crippen LogP) is 5.14. The van der Waals surface area contributed by atoms with Crippen molar-refractivity contribution in [3.8, 4) is 41.2 Å². The molecule has 2 aromatic heterocycles. The van der Waals surface area contributed by atoms with Gasteiger partial charge in [0, 0.05) is 37.1 Å². The highest BCUT2D eigenvalue weighted by Crippen LogP contribution is 2.45. The maximum Gasteiger partial charge on any atom is 0.319 e. The Labute approximate surface area is 266 Å². The van der Waals surface area contributed by atoms with Crippen LogP contribution in [0.5, 0.6) is 17.6 Å². The zero-order valence-corrected chi connectivity index (χ0v) is 25.0. The summed E-state index contributed by atoms with van der Waals surface area (Å²) >= 11 is 0. The molecular formula is C34H32F3N5O4. The summed E-state index contributed by atoms with van der Waals surface area (Å²) in [6.45, 7) is -0.779. The second-order valence-corrected chi connectivity index (χ2v) is 12.3. The summed E-state index contributed by atoms with van der Waals surface area (Å²) < 4.78 is 82.5. The fraction of sp³-hybridized carbons (Fsp3) is 0.441. The van der Waals surface area contributed by atoms with E-state index in [0.29, 0.717) is 50.8 Å². The number of ether oxygens (including phenoxy) is 3. The number of halogens is 3. The fourth-order valence-corrected chi connectivity index (χ4v) is 7.40. The van der Waals surface area contributed by atoms with Crippen LogP contribution < -0.4 is 14.4 Å². The summed E-state index contributed by atoms with van der Waals surface area (Å²) in [6, 6.07) is 4.68. The summed E-state index contributed by atoms with van der Waals surface area (Å²) in [6.07, 6.45) is 6.78. The van der Waals surface area contributed by atoms with Crippen LogP contribution in [0.15, 0.2) is 24.3 Å². The molecule has 1 aliphatic carbocycles. The highest BCUT2D eigenvalue weighted by atomic mass is 19.1. The minimum Gasteiger partial charge on any atom is -0.508 e. The number of benzene rings is 2. The summed E-state index contributed by atoms with van der Waals surface area (Å²) in [7, 11) is 1.36. The van der Waals surface area contributed by atoms with E-state index in [2.05, 4.69) is 20.9 Å². The van der Waals surface area contributed by atoms with Gasteiger partial charge in [0.15, 0.2) is 5.82 Å². The van der Waals surface area contributed by atoms with Crippen molar-refractivity contribution in [3.63, 3.8) is 0 Å². The minimum absolute atomic E-state index is 0.000954. The standard InChI is InChI=1S/C34H32F3N5O4/c1-3-21-23(36)7-6-18-12-20(43)13-22(26(18)21)29-28(37)30-27(32(38-29)44-2)31(42-10-5-11-45-25-14-24(25)42)40-33(39-30)46-17-34-8-4-9-41(34)16-19(35)15-34/h1,6-7,12-13,19,24-25,43H,4-5,8-11,14-17H2,2H3/t19-,24-,25+,34+/m1/s1/i17D2. The van der Waals surface area contributed by atoms with Crippen molar-refractivity contribution in [2.24, 2.45) is 0 Å². The molecule has 8 rings (SSSR count). The van der Waals surface area contributed by atoms with Crippen LogP contribution in [-0.2, 0) is 4.74 Å². The number of aromatic hydroxyl groups is 1. The molecule has 46 heavy (non-hydrogen) atoms. The van der Waals surface area contributed by atoms with E-state index in [1.54, 1.807) is 4.90 Å². The van der Waals surface area contributed by atoms with Gasteiger partial charge in [-0.15, -0.1) is 6.42 Å². The van der Waals surface area contributed by atoms with E-state index in [0.717, 1.165) is 0 Å². The fourth-order valence-electron chi connectivity index (χ4n) is 7.40. The van der Waals surface area contributed by atoms with Gasteiger partial charge in [-0.2, -0.15) is 9.97 Å². The van der Waals surface area contributed by atoms with Crippen molar-refractivity contribution in [1.29, 1.82) is 0 Å². The molecule has 3 saturated heterocycles. The van der Waals surface area contributed by atoms with Crippen molar-refractivity contribution in [2.45, 2.75) is 56.0 Å². The molecule has 3 aliphatic heterocycles. The Morgan fingerprint density at radius 3 is 2.89 bits per heavy atom. The van der Waals surface area contributed by atoms with E-state index < -0.39 is 35.9 Å². The van der Waals surface area contributed by atoms with Crippen LogP contribution in [0, 0.1) is 24.0 Å². The van der Waals surface area contributed by atoms with Crippen molar-refractivity contribution in [3.05, 3.63) is 41.5 Å². The Hall–Kier alpha value is -4.34. The SMILES string of the molecule is [2H]C([2H])(Oc1nc(N2CCCO[C@H]3C[C@H]32)c2c(OC)nc(-c3cc(O)cc4ccc(F)c(C#C)c34)c(F)c2n1)[C@@]12CCCN1C[C@H](F)C2. The first-order chi connectivity index (χ1) is 23.0. The lowest BCUT2D eigenvalue weighted by Gasteiger charge is -2.31. The second-order valence-electron chi connectivity index (χ2n) is 12.3. The summed E-state index contributed by atoms with van der Waals surface area (Å²) in [4.78, 5) is 17.3. The highest BCUT2D eigenvalue weighted by Gasteiger charge is 2.50. The highest BCUT2D eigenvalue weighted by molar-refractivity contribution is 6.04. The van der Waals surface area contributed by atoms with Gasteiger partial charge in [0.1, 0.15) is 46.7 Å². The second kappa shape index (κ2) is 10.9. The molecule has 4 fully saturated rings. The molecule has 1 saturated carbocycles. The largest absolute Gasteiger partial charge is 0.508 e. The maximum absolute atomic E-state index is 17.1. The summed E-state index contributed by atoms with van der Waals surface area (Å²) in [5, 5.41) is 11.2. The molecule has 9 nitrogen and oxygen atoms in total. The van der Waals surface area contributed by atoms with Crippen molar-refractivity contribution in [2.75, 3.05) is 44.8 Å². The van der Waals surface area contributed by atoms with Gasteiger partial charge in [-0.1, -0.05) is 12.0 Å². The number of nitrogens with zero attached hydrogens (tertiary/aromatic N) is 5. The molecule has 12 heteroatoms. The van der Waals surface area contributed by atoms with E-state index in [1.807, 2.05) is 4.90 Å². The average Bonchev–Trinajstić information content (AvgIpc) is 3.63. The number of hydrogen-bond donors (Lipinski definition) is 1. The molecule has 2 aromatic carbocycles. The molecule has 0 bridgehead atoms. The Kier molecular flexibility index (Phi) is 6.35. The number of aromatic nitrogens is 3. The van der Waals surface area contributed by atoms with Crippen LogP contribution in [0.3, 0.4) is 0 Å². The smallest absolute Gasteiger partial charge is 0.319 e. The van der Waals surface area contributed by atoms with Gasteiger partial charge in [0.25, 0.3) is 0 Å². The topological polar surface area (TPSA) is 93.1 Å². The van der Waals surface area contributed by atoms with Crippen LogP contribution >= 0.6 is 0 Å². The molecule has 0 spiro atoms. The minimum atomic E-state index is -2.43. The van der Waals surface area contributed by atoms with E-state index in [1.165, 1.54) is 31.4 Å². The first kappa shape index (κ1) is 26.8. The third-order valence-electron chi connectivity index (χ3n) is 9.54. The van der Waals surface area contributed by atoms with Crippen molar-refractivity contribution in [1.82, 2.24) is 19.9 Å². The zero-order chi connectivity index (χ0) is 33.5. The van der Waals surface area contributed by atoms with Gasteiger partial charge in [-0.3, -0.25) is 4.90 Å². The van der Waals surface area contributed by atoms with Gasteiger partial charge in [0.05, 0.1) is 33.1 Å². The number of alkyl halides is 1. The lowest BCUT2D eigenvalue weighted by Crippen LogP contribution is -2.43. The molecule has 0 unspecified atom stereocenters. The molecule has 0 radical (unpaired) electrons. The zero-order valence-electron chi connectivity index (χ0n) is 27.0. The number of phenols is 1. The molecule has 0 amide bonds. The quantitative estimate of drug-likeness (QED) is 0.290. The van der Waals surface area contributed by atoms with E-state index in [4.69, 9.17) is 23.4 Å². The maximum atomic E-state index is 17.1. The third kappa shape index (κ3) is 4.59. The molecule has 5 heterocycles. The molecule has 1 N–H and O–H groups in total. The normalized spacial score (nSPS) is 26.7. The number of fused-ring (bicyclic) bond motifs is 4. The monoisotopic (exact) mass is 633 g/mol. The van der Waals surface area contributed by atoms with Crippen molar-refractivity contribution < 1.29 is 35.2 Å². The van der Waals surface area contributed by atoms with Crippen LogP contribution in [0.4, 0.5) is 19.0 Å². The number of anilines is 1. The van der Waals surface area contributed by atoms with Gasteiger partial charge in [0.2, 0.25) is 5.88 Å². The Morgan fingerprint density at radius 2 is 2.07 bits per heavy atom. The van der Waals surface area contributed by atoms with E-state index in [-0.39, 0.29) is 75.7 Å². The third-order valence-corrected chi connectivity index (χ3v) is 9.54. The van der Waals surface area contributed by atoms with E-state index in [9.17, 15) is 13.9 Å². The Balaban J connectivity index is 1.37. The van der Waals surface area contributed by atoms with Gasteiger partial charge in [-0.05, 0) is 55.8 Å². The lowest BCUT2D eigenvalue weighted by molar-refractivity contribution is 0.107.